The van der Waals surface area contributed by atoms with E-state index in [-0.39, 0.29) is 5.54 Å². The molecular weight excluding hydrogens is 212 g/mol. The van der Waals surface area contributed by atoms with E-state index < -0.39 is 0 Å². The number of aromatic nitrogens is 1. The van der Waals surface area contributed by atoms with Crippen LogP contribution in [-0.4, -0.2) is 17.1 Å². The summed E-state index contributed by atoms with van der Waals surface area (Å²) in [5, 5.41) is 3.45. The lowest BCUT2D eigenvalue weighted by atomic mass is 10.1. The Kier molecular flexibility index (Phi) is 3.87. The van der Waals surface area contributed by atoms with Crippen LogP contribution in [0.3, 0.4) is 0 Å². The summed E-state index contributed by atoms with van der Waals surface area (Å²) in [4.78, 5) is 4.37. The third-order valence-corrected chi connectivity index (χ3v) is 3.32. The van der Waals surface area contributed by atoms with E-state index in [0.717, 1.165) is 24.6 Å². The van der Waals surface area contributed by atoms with Crippen molar-refractivity contribution in [3.63, 3.8) is 0 Å². The Morgan fingerprint density at radius 1 is 1.35 bits per heavy atom. The molecule has 0 amide bonds. The molecule has 0 atom stereocenters. The summed E-state index contributed by atoms with van der Waals surface area (Å²) in [5.41, 5.74) is 0.168. The summed E-state index contributed by atoms with van der Waals surface area (Å²) in [6, 6.07) is 0. The van der Waals surface area contributed by atoms with Crippen molar-refractivity contribution < 1.29 is 4.42 Å². The maximum absolute atomic E-state index is 5.83. The third kappa shape index (κ3) is 3.84. The molecule has 1 saturated carbocycles. The molecule has 1 heterocycles. The van der Waals surface area contributed by atoms with Crippen LogP contribution in [0.5, 0.6) is 0 Å². The second kappa shape index (κ2) is 5.21. The van der Waals surface area contributed by atoms with Gasteiger partial charge in [-0.3, -0.25) is 0 Å². The molecule has 0 aliphatic heterocycles. The van der Waals surface area contributed by atoms with Crippen molar-refractivity contribution in [1.29, 1.82) is 0 Å². The molecule has 2 rings (SSSR count). The van der Waals surface area contributed by atoms with Crippen molar-refractivity contribution in [3.8, 4) is 0 Å². The lowest BCUT2D eigenvalue weighted by Gasteiger charge is -2.19. The van der Waals surface area contributed by atoms with E-state index in [0.29, 0.717) is 5.92 Å². The van der Waals surface area contributed by atoms with Gasteiger partial charge in [0.05, 0.1) is 6.20 Å². The van der Waals surface area contributed by atoms with E-state index >= 15 is 0 Å². The van der Waals surface area contributed by atoms with E-state index in [4.69, 9.17) is 4.42 Å². The van der Waals surface area contributed by atoms with Crippen LogP contribution < -0.4 is 5.32 Å². The molecule has 96 valence electrons. The summed E-state index contributed by atoms with van der Waals surface area (Å²) < 4.78 is 5.83. The zero-order chi connectivity index (χ0) is 12.3. The molecule has 1 fully saturated rings. The van der Waals surface area contributed by atoms with E-state index in [1.807, 2.05) is 6.20 Å². The summed E-state index contributed by atoms with van der Waals surface area (Å²) in [5.74, 6) is 2.61. The van der Waals surface area contributed by atoms with Crippen LogP contribution in [0.4, 0.5) is 0 Å². The molecule has 3 nitrogen and oxygen atoms in total. The molecule has 0 spiro atoms. The smallest absolute Gasteiger partial charge is 0.195 e. The number of oxazole rings is 1. The monoisotopic (exact) mass is 236 g/mol. The van der Waals surface area contributed by atoms with Crippen molar-refractivity contribution in [1.82, 2.24) is 10.3 Å². The van der Waals surface area contributed by atoms with Gasteiger partial charge < -0.3 is 9.73 Å². The number of hydrogen-bond acceptors (Lipinski definition) is 3. The van der Waals surface area contributed by atoms with Crippen LogP contribution in [0.15, 0.2) is 10.6 Å². The third-order valence-electron chi connectivity index (χ3n) is 3.32. The van der Waals surface area contributed by atoms with Gasteiger partial charge in [-0.2, -0.15) is 0 Å². The van der Waals surface area contributed by atoms with Gasteiger partial charge >= 0.3 is 0 Å². The van der Waals surface area contributed by atoms with Crippen molar-refractivity contribution in [3.05, 3.63) is 17.8 Å². The van der Waals surface area contributed by atoms with Crippen molar-refractivity contribution in [2.24, 2.45) is 0 Å². The highest BCUT2D eigenvalue weighted by molar-refractivity contribution is 5.03. The zero-order valence-corrected chi connectivity index (χ0v) is 11.3. The second-order valence-electron chi connectivity index (χ2n) is 6.06. The fourth-order valence-electron chi connectivity index (χ4n) is 2.38. The summed E-state index contributed by atoms with van der Waals surface area (Å²) in [7, 11) is 0. The predicted molar refractivity (Wildman–Crippen MR) is 69.2 cm³/mol. The minimum Gasteiger partial charge on any atom is -0.445 e. The lowest BCUT2D eigenvalue weighted by molar-refractivity contribution is 0.392. The Balaban J connectivity index is 1.81. The van der Waals surface area contributed by atoms with Crippen LogP contribution in [-0.2, 0) is 6.42 Å². The highest BCUT2D eigenvalue weighted by Gasteiger charge is 2.20. The first-order chi connectivity index (χ1) is 8.04. The molecule has 1 aromatic heterocycles. The molecule has 1 N–H and O–H groups in total. The van der Waals surface area contributed by atoms with Gasteiger partial charge in [0, 0.05) is 24.4 Å². The van der Waals surface area contributed by atoms with Gasteiger partial charge in [-0.1, -0.05) is 12.8 Å². The fourth-order valence-corrected chi connectivity index (χ4v) is 2.38. The Labute approximate surface area is 104 Å². The average Bonchev–Trinajstić information content (AvgIpc) is 2.83. The van der Waals surface area contributed by atoms with Gasteiger partial charge in [0.1, 0.15) is 5.76 Å². The van der Waals surface area contributed by atoms with Gasteiger partial charge in [-0.05, 0) is 33.6 Å². The molecule has 0 unspecified atom stereocenters. The van der Waals surface area contributed by atoms with Crippen LogP contribution in [0.1, 0.15) is 64.0 Å². The van der Waals surface area contributed by atoms with Crippen molar-refractivity contribution in [2.45, 2.75) is 64.3 Å². The van der Waals surface area contributed by atoms with Crippen molar-refractivity contribution >= 4 is 0 Å². The standard InChI is InChI=1S/C14H24N2O/c1-14(2,3)16-9-8-13-15-10-12(17-13)11-6-4-5-7-11/h10-11,16H,4-9H2,1-3H3. The molecule has 0 aromatic carbocycles. The predicted octanol–water partition coefficient (Wildman–Crippen LogP) is 3.26. The number of hydrogen-bond donors (Lipinski definition) is 1. The first kappa shape index (κ1) is 12.6. The summed E-state index contributed by atoms with van der Waals surface area (Å²) in [6.45, 7) is 7.44. The SMILES string of the molecule is CC(C)(C)NCCc1ncc(C2CCCC2)o1. The van der Waals surface area contributed by atoms with E-state index in [9.17, 15) is 0 Å². The van der Waals surface area contributed by atoms with Gasteiger partial charge in [0.25, 0.3) is 0 Å². The largest absolute Gasteiger partial charge is 0.445 e. The molecule has 1 aliphatic carbocycles. The maximum atomic E-state index is 5.83. The average molecular weight is 236 g/mol. The highest BCUT2D eigenvalue weighted by Crippen LogP contribution is 2.34. The molecule has 0 saturated heterocycles. The van der Waals surface area contributed by atoms with Gasteiger partial charge in [-0.15, -0.1) is 0 Å². The molecule has 0 radical (unpaired) electrons. The topological polar surface area (TPSA) is 38.1 Å². The highest BCUT2D eigenvalue weighted by atomic mass is 16.4. The minimum atomic E-state index is 0.168. The Morgan fingerprint density at radius 3 is 2.71 bits per heavy atom. The van der Waals surface area contributed by atoms with Gasteiger partial charge in [0.15, 0.2) is 5.89 Å². The molecule has 1 aromatic rings. The Bertz CT molecular complexity index is 345. The van der Waals surface area contributed by atoms with Gasteiger partial charge in [-0.25, -0.2) is 4.98 Å². The number of nitrogens with one attached hydrogen (secondary N) is 1. The molecule has 0 bridgehead atoms. The Morgan fingerprint density at radius 2 is 2.06 bits per heavy atom. The molecule has 1 aliphatic rings. The summed E-state index contributed by atoms with van der Waals surface area (Å²) in [6.07, 6.45) is 8.04. The molecule has 17 heavy (non-hydrogen) atoms. The zero-order valence-electron chi connectivity index (χ0n) is 11.3. The van der Waals surface area contributed by atoms with E-state index in [1.165, 1.54) is 25.7 Å². The normalized spacial score (nSPS) is 17.8. The number of rotatable bonds is 4. The van der Waals surface area contributed by atoms with E-state index in [1.54, 1.807) is 0 Å². The molecule has 3 heteroatoms. The van der Waals surface area contributed by atoms with Crippen LogP contribution in [0.2, 0.25) is 0 Å². The first-order valence-electron chi connectivity index (χ1n) is 6.74. The van der Waals surface area contributed by atoms with Gasteiger partial charge in [0.2, 0.25) is 0 Å². The van der Waals surface area contributed by atoms with Crippen LogP contribution >= 0.6 is 0 Å². The summed E-state index contributed by atoms with van der Waals surface area (Å²) >= 11 is 0. The lowest BCUT2D eigenvalue weighted by Crippen LogP contribution is -2.37. The molecular formula is C14H24N2O. The number of nitrogens with zero attached hydrogens (tertiary/aromatic N) is 1. The maximum Gasteiger partial charge on any atom is 0.195 e. The first-order valence-corrected chi connectivity index (χ1v) is 6.74. The second-order valence-corrected chi connectivity index (χ2v) is 6.06. The van der Waals surface area contributed by atoms with Crippen LogP contribution in [0, 0.1) is 0 Å². The Hall–Kier alpha value is -0.830. The fraction of sp³-hybridized carbons (Fsp3) is 0.786. The van der Waals surface area contributed by atoms with E-state index in [2.05, 4.69) is 31.1 Å². The van der Waals surface area contributed by atoms with Crippen molar-refractivity contribution in [2.75, 3.05) is 6.54 Å². The quantitative estimate of drug-likeness (QED) is 0.872. The van der Waals surface area contributed by atoms with Crippen LogP contribution in [0.25, 0.3) is 0 Å². The minimum absolute atomic E-state index is 0.168.